The molecule has 2 saturated heterocycles. The number of amidine groups is 1. The number of rotatable bonds is 6. The summed E-state index contributed by atoms with van der Waals surface area (Å²) in [4.78, 5) is 14.8. The molecule has 0 aliphatic carbocycles. The predicted octanol–water partition coefficient (Wildman–Crippen LogP) is 5.06. The summed E-state index contributed by atoms with van der Waals surface area (Å²) in [6, 6.07) is 13.6. The van der Waals surface area contributed by atoms with Crippen LogP contribution in [-0.4, -0.2) is 46.5 Å². The minimum atomic E-state index is -0.0000993. The minimum absolute atomic E-state index is 0.0000993. The molecule has 30 heavy (non-hydrogen) atoms. The van der Waals surface area contributed by atoms with Gasteiger partial charge in [-0.25, -0.2) is 0 Å². The van der Waals surface area contributed by atoms with Gasteiger partial charge in [-0.2, -0.15) is 0 Å². The van der Waals surface area contributed by atoms with E-state index in [1.807, 2.05) is 24.0 Å². The van der Waals surface area contributed by atoms with Crippen molar-refractivity contribution in [2.45, 2.75) is 51.2 Å². The van der Waals surface area contributed by atoms with Crippen LogP contribution in [-0.2, 0) is 0 Å². The Bertz CT molecular complexity index is 913. The van der Waals surface area contributed by atoms with E-state index in [0.29, 0.717) is 12.6 Å². The third-order valence-electron chi connectivity index (χ3n) is 6.42. The smallest absolute Gasteiger partial charge is 0.160 e. The molecule has 158 valence electrons. The Morgan fingerprint density at radius 2 is 2.00 bits per heavy atom. The van der Waals surface area contributed by atoms with E-state index in [1.165, 1.54) is 24.1 Å². The van der Waals surface area contributed by atoms with Crippen LogP contribution in [0.1, 0.15) is 56.5 Å². The SMILES string of the molecule is CCOc1cc(N2CCCC2)ccc1[C@H]1[C@@H](c2ccccn2)N=C2SC[C@@H](CC)N21. The molecule has 0 bridgehead atoms. The molecule has 1 aromatic carbocycles. The number of anilines is 1. The highest BCUT2D eigenvalue weighted by atomic mass is 32.2. The summed E-state index contributed by atoms with van der Waals surface area (Å²) in [7, 11) is 0. The van der Waals surface area contributed by atoms with Gasteiger partial charge in [0.05, 0.1) is 18.3 Å². The van der Waals surface area contributed by atoms with E-state index < -0.39 is 0 Å². The number of aliphatic imine (C=N–C) groups is 1. The predicted molar refractivity (Wildman–Crippen MR) is 125 cm³/mol. The van der Waals surface area contributed by atoms with E-state index in [2.05, 4.69) is 59.0 Å². The Morgan fingerprint density at radius 1 is 1.13 bits per heavy atom. The Balaban J connectivity index is 1.58. The highest BCUT2D eigenvalue weighted by Gasteiger charge is 2.46. The summed E-state index contributed by atoms with van der Waals surface area (Å²) in [6.07, 6.45) is 5.54. The Labute approximate surface area is 183 Å². The first-order valence-electron chi connectivity index (χ1n) is 11.2. The topological polar surface area (TPSA) is 41.0 Å². The van der Waals surface area contributed by atoms with Crippen molar-refractivity contribution in [3.8, 4) is 5.75 Å². The molecular formula is C24H30N4OS. The van der Waals surface area contributed by atoms with Gasteiger partial charge in [0, 0.05) is 48.4 Å². The molecule has 4 heterocycles. The molecule has 3 atom stereocenters. The van der Waals surface area contributed by atoms with Crippen LogP contribution < -0.4 is 9.64 Å². The largest absolute Gasteiger partial charge is 0.493 e. The van der Waals surface area contributed by atoms with E-state index >= 15 is 0 Å². The van der Waals surface area contributed by atoms with Gasteiger partial charge in [-0.05, 0) is 44.4 Å². The molecule has 0 radical (unpaired) electrons. The number of hydrogen-bond acceptors (Lipinski definition) is 6. The zero-order valence-corrected chi connectivity index (χ0v) is 18.6. The van der Waals surface area contributed by atoms with Gasteiger partial charge >= 0.3 is 0 Å². The molecule has 0 spiro atoms. The number of thioether (sulfide) groups is 1. The van der Waals surface area contributed by atoms with E-state index in [4.69, 9.17) is 9.73 Å². The van der Waals surface area contributed by atoms with Crippen molar-refractivity contribution >= 4 is 22.6 Å². The van der Waals surface area contributed by atoms with E-state index in [-0.39, 0.29) is 12.1 Å². The van der Waals surface area contributed by atoms with E-state index in [0.717, 1.165) is 41.9 Å². The zero-order chi connectivity index (χ0) is 20.5. The van der Waals surface area contributed by atoms with Gasteiger partial charge < -0.3 is 14.5 Å². The monoisotopic (exact) mass is 422 g/mol. The second kappa shape index (κ2) is 8.50. The summed E-state index contributed by atoms with van der Waals surface area (Å²) in [5.41, 5.74) is 3.54. The van der Waals surface area contributed by atoms with Gasteiger partial charge in [0.15, 0.2) is 5.17 Å². The average Bonchev–Trinajstić information content (AvgIpc) is 3.52. The van der Waals surface area contributed by atoms with Crippen molar-refractivity contribution in [3.05, 3.63) is 53.9 Å². The van der Waals surface area contributed by atoms with Gasteiger partial charge in [-0.3, -0.25) is 9.98 Å². The van der Waals surface area contributed by atoms with Crippen molar-refractivity contribution in [3.63, 3.8) is 0 Å². The fraction of sp³-hybridized carbons (Fsp3) is 0.500. The highest BCUT2D eigenvalue weighted by molar-refractivity contribution is 8.14. The number of pyridine rings is 1. The maximum atomic E-state index is 6.22. The molecule has 2 fully saturated rings. The molecule has 3 aliphatic heterocycles. The number of fused-ring (bicyclic) bond motifs is 1. The fourth-order valence-electron chi connectivity index (χ4n) is 4.91. The van der Waals surface area contributed by atoms with Crippen LogP contribution in [0.5, 0.6) is 5.75 Å². The van der Waals surface area contributed by atoms with Crippen molar-refractivity contribution in [2.24, 2.45) is 4.99 Å². The van der Waals surface area contributed by atoms with Crippen molar-refractivity contribution in [1.82, 2.24) is 9.88 Å². The molecule has 5 nitrogen and oxygen atoms in total. The lowest BCUT2D eigenvalue weighted by molar-refractivity contribution is 0.245. The summed E-state index contributed by atoms with van der Waals surface area (Å²) in [5, 5.41) is 1.16. The molecule has 6 heteroatoms. The third kappa shape index (κ3) is 3.45. The lowest BCUT2D eigenvalue weighted by atomic mass is 9.94. The van der Waals surface area contributed by atoms with Gasteiger partial charge in [0.1, 0.15) is 11.8 Å². The van der Waals surface area contributed by atoms with Crippen LogP contribution in [0.4, 0.5) is 5.69 Å². The molecule has 5 rings (SSSR count). The first kappa shape index (κ1) is 19.7. The molecule has 0 unspecified atom stereocenters. The van der Waals surface area contributed by atoms with Gasteiger partial charge in [0.25, 0.3) is 0 Å². The maximum absolute atomic E-state index is 6.22. The normalized spacial score (nSPS) is 25.5. The van der Waals surface area contributed by atoms with Crippen LogP contribution in [0.3, 0.4) is 0 Å². The lowest BCUT2D eigenvalue weighted by Crippen LogP contribution is -2.35. The number of hydrogen-bond donors (Lipinski definition) is 0. The van der Waals surface area contributed by atoms with Crippen molar-refractivity contribution < 1.29 is 4.74 Å². The fourth-order valence-corrected chi connectivity index (χ4v) is 6.24. The quantitative estimate of drug-likeness (QED) is 0.651. The van der Waals surface area contributed by atoms with E-state index in [1.54, 1.807) is 0 Å². The number of nitrogens with zero attached hydrogens (tertiary/aromatic N) is 4. The van der Waals surface area contributed by atoms with Crippen LogP contribution in [0, 0.1) is 0 Å². The van der Waals surface area contributed by atoms with Crippen LogP contribution in [0.2, 0.25) is 0 Å². The zero-order valence-electron chi connectivity index (χ0n) is 17.8. The molecule has 0 saturated carbocycles. The summed E-state index contributed by atoms with van der Waals surface area (Å²) in [6.45, 7) is 7.29. The molecule has 2 aromatic rings. The second-order valence-electron chi connectivity index (χ2n) is 8.19. The average molecular weight is 423 g/mol. The summed E-state index contributed by atoms with van der Waals surface area (Å²) < 4.78 is 6.22. The highest BCUT2D eigenvalue weighted by Crippen LogP contribution is 2.51. The van der Waals surface area contributed by atoms with Crippen LogP contribution in [0.15, 0.2) is 47.6 Å². The van der Waals surface area contributed by atoms with Gasteiger partial charge in [0.2, 0.25) is 0 Å². The van der Waals surface area contributed by atoms with Crippen molar-refractivity contribution in [2.75, 3.05) is 30.3 Å². The molecule has 1 aromatic heterocycles. The third-order valence-corrected chi connectivity index (χ3v) is 7.54. The van der Waals surface area contributed by atoms with Crippen LogP contribution >= 0.6 is 11.8 Å². The number of benzene rings is 1. The molecule has 3 aliphatic rings. The maximum Gasteiger partial charge on any atom is 0.160 e. The Kier molecular flexibility index (Phi) is 5.59. The lowest BCUT2D eigenvalue weighted by Gasteiger charge is -2.33. The number of aromatic nitrogens is 1. The van der Waals surface area contributed by atoms with Gasteiger partial charge in [-0.15, -0.1) is 0 Å². The van der Waals surface area contributed by atoms with Crippen molar-refractivity contribution in [1.29, 1.82) is 0 Å². The Hall–Kier alpha value is -2.21. The first-order chi connectivity index (χ1) is 14.8. The second-order valence-corrected chi connectivity index (χ2v) is 9.17. The minimum Gasteiger partial charge on any atom is -0.493 e. The van der Waals surface area contributed by atoms with Gasteiger partial charge in [-0.1, -0.05) is 30.8 Å². The molecule has 0 N–H and O–H groups in total. The number of ether oxygens (including phenoxy) is 1. The molecule has 0 amide bonds. The standard InChI is InChI=1S/C24H30N4OS/c1-3-17-16-30-24-26-22(20-9-5-6-12-25-20)23(28(17)24)19-11-10-18(15-21(19)29-4-2)27-13-7-8-14-27/h5-6,9-12,15,17,22-23H,3-4,7-8,13-14,16H2,1-2H3/t17-,22-,23+/m1/s1. The molecular weight excluding hydrogens is 392 g/mol. The Morgan fingerprint density at radius 3 is 2.73 bits per heavy atom. The first-order valence-corrected chi connectivity index (χ1v) is 12.2. The van der Waals surface area contributed by atoms with Crippen LogP contribution in [0.25, 0.3) is 0 Å². The summed E-state index contributed by atoms with van der Waals surface area (Å²) >= 11 is 1.88. The van der Waals surface area contributed by atoms with E-state index in [9.17, 15) is 0 Å². The summed E-state index contributed by atoms with van der Waals surface area (Å²) in [5.74, 6) is 2.10.